The van der Waals surface area contributed by atoms with Gasteiger partial charge in [-0.1, -0.05) is 36.4 Å². The molecule has 0 bridgehead atoms. The predicted molar refractivity (Wildman–Crippen MR) is 143 cm³/mol. The normalized spacial score (nSPS) is 14.1. The van der Waals surface area contributed by atoms with Crippen LogP contribution in [0.15, 0.2) is 63.9 Å². The molecule has 0 spiro atoms. The first-order chi connectivity index (χ1) is 17.7. The first kappa shape index (κ1) is 24.6. The van der Waals surface area contributed by atoms with Crippen LogP contribution < -0.4 is 20.4 Å². The van der Waals surface area contributed by atoms with Gasteiger partial charge < -0.3 is 19.2 Å². The quantitative estimate of drug-likeness (QED) is 0.352. The average molecular weight is 499 g/mol. The number of pyridine rings is 1. The van der Waals surface area contributed by atoms with Crippen molar-refractivity contribution < 1.29 is 18.7 Å². The summed E-state index contributed by atoms with van der Waals surface area (Å²) in [5.41, 5.74) is 3.92. The first-order valence-electron chi connectivity index (χ1n) is 12.4. The van der Waals surface area contributed by atoms with Gasteiger partial charge in [-0.3, -0.25) is 4.79 Å². The predicted octanol–water partition coefficient (Wildman–Crippen LogP) is 5.52. The van der Waals surface area contributed by atoms with E-state index in [1.807, 2.05) is 70.2 Å². The van der Waals surface area contributed by atoms with Crippen LogP contribution >= 0.6 is 0 Å². The van der Waals surface area contributed by atoms with E-state index < -0.39 is 0 Å². The van der Waals surface area contributed by atoms with Gasteiger partial charge >= 0.3 is 5.63 Å². The Labute approximate surface area is 215 Å². The first-order valence-corrected chi connectivity index (χ1v) is 12.4. The van der Waals surface area contributed by atoms with Crippen molar-refractivity contribution in [3.05, 3.63) is 93.0 Å². The number of benzene rings is 2. The van der Waals surface area contributed by atoms with Crippen LogP contribution in [-0.2, 0) is 17.6 Å². The maximum Gasteiger partial charge on any atom is 0.340 e. The molecule has 4 aromatic rings. The fourth-order valence-corrected chi connectivity index (χ4v) is 4.66. The van der Waals surface area contributed by atoms with E-state index in [1.54, 1.807) is 12.3 Å². The monoisotopic (exact) mass is 498 g/mol. The molecule has 0 unspecified atom stereocenters. The molecule has 0 saturated carbocycles. The summed E-state index contributed by atoms with van der Waals surface area (Å²) in [5, 5.41) is 3.44. The zero-order valence-electron chi connectivity index (χ0n) is 21.5. The summed E-state index contributed by atoms with van der Waals surface area (Å²) in [6.45, 7) is 7.64. The van der Waals surface area contributed by atoms with Crippen molar-refractivity contribution in [2.75, 3.05) is 11.9 Å². The van der Waals surface area contributed by atoms with E-state index >= 15 is 0 Å². The lowest BCUT2D eigenvalue weighted by Crippen LogP contribution is -2.32. The number of fused-ring (bicyclic) bond motifs is 3. The Kier molecular flexibility index (Phi) is 6.46. The number of aryl methyl sites for hydroxylation is 3. The molecule has 1 aliphatic heterocycles. The third-order valence-electron chi connectivity index (χ3n) is 6.70. The van der Waals surface area contributed by atoms with E-state index in [0.717, 1.165) is 28.7 Å². The SMILES string of the molecule is Cc1ccc(NC(=O)COc2cc3c(c4oc(=O)c(Cc5ccccc5)c(C)c24)CCC(C)(C)O3)nc1. The molecule has 1 aliphatic rings. The van der Waals surface area contributed by atoms with Gasteiger partial charge in [0.2, 0.25) is 0 Å². The second-order valence-electron chi connectivity index (χ2n) is 10.1. The number of aromatic nitrogens is 1. The number of amides is 1. The van der Waals surface area contributed by atoms with Gasteiger partial charge in [0.15, 0.2) is 6.61 Å². The second kappa shape index (κ2) is 9.73. The third-order valence-corrected chi connectivity index (χ3v) is 6.70. The number of ether oxygens (including phenoxy) is 2. The molecule has 2 aromatic carbocycles. The molecular formula is C30H30N2O5. The van der Waals surface area contributed by atoms with E-state index in [-0.39, 0.29) is 23.7 Å². The lowest BCUT2D eigenvalue weighted by atomic mass is 9.91. The van der Waals surface area contributed by atoms with Crippen LogP contribution in [0.1, 0.15) is 48.1 Å². The van der Waals surface area contributed by atoms with Gasteiger partial charge in [0.1, 0.15) is 28.5 Å². The summed E-state index contributed by atoms with van der Waals surface area (Å²) >= 11 is 0. The molecule has 0 atom stereocenters. The van der Waals surface area contributed by atoms with Gasteiger partial charge in [0.25, 0.3) is 5.91 Å². The number of anilines is 1. The van der Waals surface area contributed by atoms with Gasteiger partial charge in [0, 0.05) is 29.8 Å². The molecule has 190 valence electrons. The Bertz CT molecular complexity index is 1520. The summed E-state index contributed by atoms with van der Waals surface area (Å²) in [4.78, 5) is 30.0. The topological polar surface area (TPSA) is 90.7 Å². The Morgan fingerprint density at radius 1 is 1.14 bits per heavy atom. The minimum atomic E-state index is -0.374. The number of carbonyl (C=O) groups is 1. The highest BCUT2D eigenvalue weighted by Crippen LogP contribution is 2.43. The molecule has 2 aromatic heterocycles. The van der Waals surface area contributed by atoms with Crippen LogP contribution in [0.25, 0.3) is 11.0 Å². The van der Waals surface area contributed by atoms with Crippen LogP contribution in [0, 0.1) is 13.8 Å². The molecule has 0 fully saturated rings. The highest BCUT2D eigenvalue weighted by atomic mass is 16.5. The van der Waals surface area contributed by atoms with Crippen molar-refractivity contribution >= 4 is 22.7 Å². The Balaban J connectivity index is 1.54. The minimum Gasteiger partial charge on any atom is -0.487 e. The highest BCUT2D eigenvalue weighted by Gasteiger charge is 2.31. The molecule has 37 heavy (non-hydrogen) atoms. The highest BCUT2D eigenvalue weighted by molar-refractivity contribution is 5.94. The van der Waals surface area contributed by atoms with Crippen LogP contribution in [0.4, 0.5) is 5.82 Å². The summed E-state index contributed by atoms with van der Waals surface area (Å²) in [7, 11) is 0. The van der Waals surface area contributed by atoms with Crippen molar-refractivity contribution in [3.63, 3.8) is 0 Å². The van der Waals surface area contributed by atoms with E-state index in [9.17, 15) is 9.59 Å². The van der Waals surface area contributed by atoms with Crippen LogP contribution in [0.5, 0.6) is 11.5 Å². The minimum absolute atomic E-state index is 0.237. The van der Waals surface area contributed by atoms with Crippen LogP contribution in [0.3, 0.4) is 0 Å². The van der Waals surface area contributed by atoms with Gasteiger partial charge in [-0.2, -0.15) is 0 Å². The summed E-state index contributed by atoms with van der Waals surface area (Å²) in [6, 6.07) is 15.2. The van der Waals surface area contributed by atoms with Gasteiger partial charge in [-0.05, 0) is 63.3 Å². The molecule has 0 radical (unpaired) electrons. The van der Waals surface area contributed by atoms with Gasteiger partial charge in [-0.15, -0.1) is 0 Å². The fourth-order valence-electron chi connectivity index (χ4n) is 4.66. The lowest BCUT2D eigenvalue weighted by molar-refractivity contribution is -0.118. The molecule has 7 nitrogen and oxygen atoms in total. The number of nitrogens with zero attached hydrogens (tertiary/aromatic N) is 1. The lowest BCUT2D eigenvalue weighted by Gasteiger charge is -2.33. The second-order valence-corrected chi connectivity index (χ2v) is 10.1. The third kappa shape index (κ3) is 5.21. The Morgan fingerprint density at radius 3 is 2.65 bits per heavy atom. The number of nitrogens with one attached hydrogen (secondary N) is 1. The molecule has 5 rings (SSSR count). The van der Waals surface area contributed by atoms with Crippen LogP contribution in [-0.4, -0.2) is 23.1 Å². The van der Waals surface area contributed by atoms with Gasteiger partial charge in [0.05, 0.1) is 5.39 Å². The van der Waals surface area contributed by atoms with E-state index in [1.165, 1.54) is 0 Å². The van der Waals surface area contributed by atoms with E-state index in [0.29, 0.717) is 46.7 Å². The molecule has 0 saturated heterocycles. The van der Waals surface area contributed by atoms with Crippen molar-refractivity contribution in [1.82, 2.24) is 4.98 Å². The molecule has 7 heteroatoms. The van der Waals surface area contributed by atoms with E-state index in [2.05, 4.69) is 10.3 Å². The number of hydrogen-bond acceptors (Lipinski definition) is 6. The zero-order valence-corrected chi connectivity index (χ0v) is 21.5. The maximum atomic E-state index is 13.2. The summed E-state index contributed by atoms with van der Waals surface area (Å²) < 4.78 is 18.2. The molecular weight excluding hydrogens is 468 g/mol. The van der Waals surface area contributed by atoms with Crippen LogP contribution in [0.2, 0.25) is 0 Å². The Morgan fingerprint density at radius 2 is 1.92 bits per heavy atom. The standard InChI is InChI=1S/C30H30N2O5/c1-18-10-11-25(31-16-18)32-26(33)17-35-24-15-23-21(12-13-30(3,4)37-23)28-27(24)19(2)22(29(34)36-28)14-20-8-6-5-7-9-20/h5-11,15-16H,12-14,17H2,1-4H3,(H,31,32,33). The van der Waals surface area contributed by atoms with Crippen molar-refractivity contribution in [2.45, 2.75) is 52.6 Å². The fraction of sp³-hybridized carbons (Fsp3) is 0.300. The largest absolute Gasteiger partial charge is 0.487 e. The average Bonchev–Trinajstić information content (AvgIpc) is 2.86. The number of hydrogen-bond donors (Lipinski definition) is 1. The van der Waals surface area contributed by atoms with E-state index in [4.69, 9.17) is 13.9 Å². The summed E-state index contributed by atoms with van der Waals surface area (Å²) in [6.07, 6.45) is 3.62. The zero-order chi connectivity index (χ0) is 26.2. The molecule has 1 N–H and O–H groups in total. The maximum absolute atomic E-state index is 13.2. The van der Waals surface area contributed by atoms with Crippen molar-refractivity contribution in [2.24, 2.45) is 0 Å². The Hall–Kier alpha value is -4.13. The smallest absolute Gasteiger partial charge is 0.340 e. The number of carbonyl (C=O) groups excluding carboxylic acids is 1. The summed E-state index contributed by atoms with van der Waals surface area (Å²) in [5.74, 6) is 1.15. The van der Waals surface area contributed by atoms with Gasteiger partial charge in [-0.25, -0.2) is 9.78 Å². The number of rotatable bonds is 6. The molecule has 1 amide bonds. The van der Waals surface area contributed by atoms with Crippen molar-refractivity contribution in [1.29, 1.82) is 0 Å². The van der Waals surface area contributed by atoms with Crippen molar-refractivity contribution in [3.8, 4) is 11.5 Å². The molecule has 0 aliphatic carbocycles. The molecule has 3 heterocycles.